The van der Waals surface area contributed by atoms with E-state index in [1.165, 1.54) is 0 Å². The highest BCUT2D eigenvalue weighted by Crippen LogP contribution is 1.98. The van der Waals surface area contributed by atoms with Crippen molar-refractivity contribution < 1.29 is 0 Å². The van der Waals surface area contributed by atoms with Crippen LogP contribution in [0.4, 0.5) is 0 Å². The van der Waals surface area contributed by atoms with Crippen LogP contribution in [0.25, 0.3) is 0 Å². The molecule has 1 aliphatic rings. The summed E-state index contributed by atoms with van der Waals surface area (Å²) in [4.78, 5) is 4.59. The van der Waals surface area contributed by atoms with E-state index in [1.807, 2.05) is 0 Å². The highest BCUT2D eigenvalue weighted by molar-refractivity contribution is 5.11. The molecule has 0 N–H and O–H groups in total. The van der Waals surface area contributed by atoms with Crippen molar-refractivity contribution in [2.24, 2.45) is 0 Å². The second kappa shape index (κ2) is 6.59. The fraction of sp³-hybridized carbons (Fsp3) is 0.714. The van der Waals surface area contributed by atoms with Crippen molar-refractivity contribution in [2.75, 3.05) is 26.2 Å². The molecule has 0 aromatic carbocycles. The van der Waals surface area contributed by atoms with Crippen LogP contribution in [-0.2, 0) is 0 Å². The summed E-state index contributed by atoms with van der Waals surface area (Å²) in [5, 5.41) is 0. The number of nitrogens with zero attached hydrogens (tertiary/aromatic N) is 2. The summed E-state index contributed by atoms with van der Waals surface area (Å²) in [7, 11) is 0. The van der Waals surface area contributed by atoms with E-state index >= 15 is 0 Å². The molecule has 1 rings (SSSR count). The largest absolute Gasteiger partial charge is 0.279 e. The zero-order valence-electron chi connectivity index (χ0n) is 10.9. The van der Waals surface area contributed by atoms with Gasteiger partial charge in [0.25, 0.3) is 0 Å². The van der Waals surface area contributed by atoms with Crippen molar-refractivity contribution in [3.8, 4) is 23.7 Å². The minimum absolute atomic E-state index is 0.518. The van der Waals surface area contributed by atoms with Crippen molar-refractivity contribution in [3.63, 3.8) is 0 Å². The second-order valence-electron chi connectivity index (χ2n) is 4.70. The third-order valence-electron chi connectivity index (χ3n) is 2.84. The first-order valence-electron chi connectivity index (χ1n) is 6.00. The lowest BCUT2D eigenvalue weighted by Gasteiger charge is -2.23. The van der Waals surface area contributed by atoms with Crippen LogP contribution in [0.15, 0.2) is 0 Å². The predicted molar refractivity (Wildman–Crippen MR) is 69.0 cm³/mol. The van der Waals surface area contributed by atoms with Crippen LogP contribution >= 0.6 is 0 Å². The van der Waals surface area contributed by atoms with E-state index in [9.17, 15) is 0 Å². The molecule has 0 aromatic rings. The SMILES string of the molecule is CC(C)N1CC#CCN(C(C)C)CC#CC1. The Bertz CT molecular complexity index is 268. The highest BCUT2D eigenvalue weighted by atomic mass is 15.1. The summed E-state index contributed by atoms with van der Waals surface area (Å²) < 4.78 is 0. The van der Waals surface area contributed by atoms with Crippen molar-refractivity contribution in [1.29, 1.82) is 0 Å². The van der Waals surface area contributed by atoms with Crippen molar-refractivity contribution >= 4 is 0 Å². The van der Waals surface area contributed by atoms with Gasteiger partial charge in [-0.3, -0.25) is 9.80 Å². The molecule has 0 spiro atoms. The van der Waals surface area contributed by atoms with Crippen molar-refractivity contribution in [2.45, 2.75) is 39.8 Å². The number of hydrogen-bond acceptors (Lipinski definition) is 2. The molecule has 0 aromatic heterocycles. The van der Waals surface area contributed by atoms with Crippen molar-refractivity contribution in [3.05, 3.63) is 0 Å². The van der Waals surface area contributed by atoms with Gasteiger partial charge in [-0.2, -0.15) is 0 Å². The summed E-state index contributed by atoms with van der Waals surface area (Å²) in [6.45, 7) is 12.1. The standard InChI is InChI=1S/C14H22N2/c1-13(2)15-9-5-7-11-16(14(3)4)12-8-6-10-15/h13-14H,9-12H2,1-4H3. The maximum atomic E-state index is 3.24. The molecule has 0 radical (unpaired) electrons. The lowest BCUT2D eigenvalue weighted by molar-refractivity contribution is 0.272. The van der Waals surface area contributed by atoms with E-state index in [2.05, 4.69) is 61.2 Å². The Labute approximate surface area is 100.0 Å². The van der Waals surface area contributed by atoms with E-state index in [0.29, 0.717) is 12.1 Å². The molecule has 0 atom stereocenters. The van der Waals surface area contributed by atoms with Crippen LogP contribution in [0.1, 0.15) is 27.7 Å². The van der Waals surface area contributed by atoms with Gasteiger partial charge < -0.3 is 0 Å². The van der Waals surface area contributed by atoms with Gasteiger partial charge in [-0.15, -0.1) is 0 Å². The van der Waals surface area contributed by atoms with Gasteiger partial charge >= 0.3 is 0 Å². The minimum atomic E-state index is 0.518. The number of rotatable bonds is 2. The van der Waals surface area contributed by atoms with Crippen LogP contribution in [0.3, 0.4) is 0 Å². The van der Waals surface area contributed by atoms with E-state index < -0.39 is 0 Å². The van der Waals surface area contributed by atoms with E-state index in [-0.39, 0.29) is 0 Å². The second-order valence-corrected chi connectivity index (χ2v) is 4.70. The van der Waals surface area contributed by atoms with Gasteiger partial charge in [0.2, 0.25) is 0 Å². The molecule has 1 heterocycles. The summed E-state index contributed by atoms with van der Waals surface area (Å²) in [6, 6.07) is 1.04. The molecule has 16 heavy (non-hydrogen) atoms. The zero-order valence-corrected chi connectivity index (χ0v) is 10.9. The highest BCUT2D eigenvalue weighted by Gasteiger charge is 2.08. The first kappa shape index (κ1) is 13.1. The normalized spacial score (nSPS) is 18.9. The Morgan fingerprint density at radius 2 is 0.875 bits per heavy atom. The Kier molecular flexibility index (Phi) is 5.39. The zero-order chi connectivity index (χ0) is 12.0. The summed E-state index contributed by atoms with van der Waals surface area (Å²) >= 11 is 0. The van der Waals surface area contributed by atoms with Crippen LogP contribution in [0.5, 0.6) is 0 Å². The van der Waals surface area contributed by atoms with Gasteiger partial charge in [0.1, 0.15) is 0 Å². The monoisotopic (exact) mass is 218 g/mol. The van der Waals surface area contributed by atoms with Gasteiger partial charge in [0.05, 0.1) is 26.2 Å². The summed E-state index contributed by atoms with van der Waals surface area (Å²) in [6.07, 6.45) is 0. The molecule has 88 valence electrons. The van der Waals surface area contributed by atoms with Crippen LogP contribution in [0, 0.1) is 23.7 Å². The third-order valence-corrected chi connectivity index (χ3v) is 2.84. The first-order chi connectivity index (χ1) is 7.61. The van der Waals surface area contributed by atoms with Crippen LogP contribution in [0.2, 0.25) is 0 Å². The molecule has 0 unspecified atom stereocenters. The molecule has 1 aliphatic heterocycles. The van der Waals surface area contributed by atoms with Crippen molar-refractivity contribution in [1.82, 2.24) is 9.80 Å². The van der Waals surface area contributed by atoms with Crippen LogP contribution < -0.4 is 0 Å². The van der Waals surface area contributed by atoms with Gasteiger partial charge in [0.15, 0.2) is 0 Å². The first-order valence-corrected chi connectivity index (χ1v) is 6.00. The molecule has 0 fully saturated rings. The van der Waals surface area contributed by atoms with E-state index in [0.717, 1.165) is 26.2 Å². The third kappa shape index (κ3) is 4.27. The summed E-state index contributed by atoms with van der Waals surface area (Å²) in [5.41, 5.74) is 0. The van der Waals surface area contributed by atoms with E-state index in [4.69, 9.17) is 0 Å². The fourth-order valence-corrected chi connectivity index (χ4v) is 1.47. The van der Waals surface area contributed by atoms with Gasteiger partial charge in [-0.05, 0) is 27.7 Å². The molecular weight excluding hydrogens is 196 g/mol. The molecule has 0 amide bonds. The molecule has 2 heteroatoms. The Morgan fingerprint density at radius 1 is 0.625 bits per heavy atom. The lowest BCUT2D eigenvalue weighted by Crippen LogP contribution is -2.34. The van der Waals surface area contributed by atoms with Gasteiger partial charge in [-0.1, -0.05) is 23.7 Å². The minimum Gasteiger partial charge on any atom is -0.279 e. The number of hydrogen-bond donors (Lipinski definition) is 0. The van der Waals surface area contributed by atoms with Gasteiger partial charge in [0, 0.05) is 12.1 Å². The molecule has 0 saturated heterocycles. The maximum Gasteiger partial charge on any atom is 0.0613 e. The quantitative estimate of drug-likeness (QED) is 0.647. The van der Waals surface area contributed by atoms with E-state index in [1.54, 1.807) is 0 Å². The molecule has 2 nitrogen and oxygen atoms in total. The fourth-order valence-electron chi connectivity index (χ4n) is 1.47. The molecular formula is C14H22N2. The Hall–Kier alpha value is -0.960. The van der Waals surface area contributed by atoms with Gasteiger partial charge in [-0.25, -0.2) is 0 Å². The molecule has 0 aliphatic carbocycles. The Morgan fingerprint density at radius 3 is 1.06 bits per heavy atom. The average Bonchev–Trinajstić information content (AvgIpc) is 2.24. The summed E-state index contributed by atoms with van der Waals surface area (Å²) in [5.74, 6) is 13.0. The Balaban J connectivity index is 2.64. The molecule has 0 saturated carbocycles. The lowest BCUT2D eigenvalue weighted by atomic mass is 10.2. The van der Waals surface area contributed by atoms with Crippen LogP contribution in [-0.4, -0.2) is 48.1 Å². The smallest absolute Gasteiger partial charge is 0.0613 e. The topological polar surface area (TPSA) is 6.48 Å². The maximum absolute atomic E-state index is 3.24. The predicted octanol–water partition coefficient (Wildman–Crippen LogP) is 1.43. The average molecular weight is 218 g/mol. The molecule has 0 bridgehead atoms.